The number of hydrogen-bond donors (Lipinski definition) is 1. The Morgan fingerprint density at radius 1 is 1.46 bits per heavy atom. The summed E-state index contributed by atoms with van der Waals surface area (Å²) in [4.78, 5) is 8.69. The Balaban J connectivity index is 2.46. The molecule has 1 fully saturated rings. The van der Waals surface area contributed by atoms with Gasteiger partial charge in [0.05, 0.1) is 5.84 Å². The smallest absolute Gasteiger partial charge is 0.0949 e. The number of piperazine rings is 1. The summed E-state index contributed by atoms with van der Waals surface area (Å²) in [6.07, 6.45) is 0.886. The number of likely N-dealkylation sites (N-methyl/N-ethyl adjacent to an activating group) is 2. The summed E-state index contributed by atoms with van der Waals surface area (Å²) in [7, 11) is 6.06. The molecule has 1 heterocycles. The van der Waals surface area contributed by atoms with Crippen molar-refractivity contribution < 1.29 is 0 Å². The fourth-order valence-corrected chi connectivity index (χ4v) is 1.65. The van der Waals surface area contributed by atoms with Crippen molar-refractivity contribution in [2.45, 2.75) is 12.5 Å². The van der Waals surface area contributed by atoms with Crippen molar-refractivity contribution in [1.29, 1.82) is 0 Å². The van der Waals surface area contributed by atoms with Gasteiger partial charge in [-0.05, 0) is 14.1 Å². The van der Waals surface area contributed by atoms with Crippen molar-refractivity contribution in [3.05, 3.63) is 0 Å². The first kappa shape index (κ1) is 10.5. The second-order valence-electron chi connectivity index (χ2n) is 3.82. The van der Waals surface area contributed by atoms with Crippen molar-refractivity contribution in [3.63, 3.8) is 0 Å². The minimum Gasteiger partial charge on any atom is -0.387 e. The molecule has 1 unspecified atom stereocenters. The second-order valence-corrected chi connectivity index (χ2v) is 3.82. The molecule has 1 saturated heterocycles. The maximum Gasteiger partial charge on any atom is 0.0949 e. The summed E-state index contributed by atoms with van der Waals surface area (Å²) in [6, 6.07) is 0.530. The first-order chi connectivity index (χ1) is 6.13. The number of amidine groups is 1. The van der Waals surface area contributed by atoms with Gasteiger partial charge in [-0.1, -0.05) is 0 Å². The molecule has 0 aliphatic carbocycles. The molecule has 0 bridgehead atoms. The van der Waals surface area contributed by atoms with Gasteiger partial charge >= 0.3 is 0 Å². The van der Waals surface area contributed by atoms with Crippen LogP contribution in [0.4, 0.5) is 0 Å². The lowest BCUT2D eigenvalue weighted by atomic mass is 10.1. The van der Waals surface area contributed by atoms with E-state index in [0.29, 0.717) is 6.04 Å². The van der Waals surface area contributed by atoms with Crippen LogP contribution < -0.4 is 5.73 Å². The summed E-state index contributed by atoms with van der Waals surface area (Å²) in [6.45, 7) is 3.36. The van der Waals surface area contributed by atoms with E-state index < -0.39 is 0 Å². The third-order valence-electron chi connectivity index (χ3n) is 2.71. The van der Waals surface area contributed by atoms with Crippen molar-refractivity contribution in [2.75, 3.05) is 40.8 Å². The van der Waals surface area contributed by atoms with Gasteiger partial charge < -0.3 is 15.5 Å². The highest BCUT2D eigenvalue weighted by molar-refractivity contribution is 5.80. The molecule has 4 heteroatoms. The lowest BCUT2D eigenvalue weighted by Crippen LogP contribution is -2.51. The minimum atomic E-state index is 0.530. The molecule has 2 N–H and O–H groups in total. The van der Waals surface area contributed by atoms with Crippen molar-refractivity contribution in [2.24, 2.45) is 10.7 Å². The molecule has 76 valence electrons. The summed E-state index contributed by atoms with van der Waals surface area (Å²) in [5, 5.41) is 0. The van der Waals surface area contributed by atoms with E-state index in [-0.39, 0.29) is 0 Å². The number of hydrogen-bond acceptors (Lipinski definition) is 3. The zero-order chi connectivity index (χ0) is 9.84. The first-order valence-electron chi connectivity index (χ1n) is 4.73. The highest BCUT2D eigenvalue weighted by Crippen LogP contribution is 2.08. The molecule has 4 nitrogen and oxygen atoms in total. The second kappa shape index (κ2) is 4.58. The van der Waals surface area contributed by atoms with Crippen LogP contribution in [0.1, 0.15) is 6.42 Å². The molecule has 0 amide bonds. The average molecular weight is 184 g/mol. The summed E-state index contributed by atoms with van der Waals surface area (Å²) < 4.78 is 0. The van der Waals surface area contributed by atoms with E-state index in [1.165, 1.54) is 0 Å². The topological polar surface area (TPSA) is 44.9 Å². The average Bonchev–Trinajstić information content (AvgIpc) is 2.11. The van der Waals surface area contributed by atoms with E-state index >= 15 is 0 Å². The van der Waals surface area contributed by atoms with E-state index in [4.69, 9.17) is 5.73 Å². The Hall–Kier alpha value is -0.610. The molecule has 1 rings (SSSR count). The molecule has 0 aromatic rings. The monoisotopic (exact) mass is 184 g/mol. The number of rotatable bonds is 2. The Labute approximate surface area is 80.4 Å². The van der Waals surface area contributed by atoms with Gasteiger partial charge in [-0.2, -0.15) is 0 Å². The van der Waals surface area contributed by atoms with E-state index in [1.807, 2.05) is 0 Å². The number of nitrogens with two attached hydrogens (primary N) is 1. The van der Waals surface area contributed by atoms with Crippen LogP contribution in [0, 0.1) is 0 Å². The van der Waals surface area contributed by atoms with Crippen LogP contribution in [-0.2, 0) is 0 Å². The zero-order valence-electron chi connectivity index (χ0n) is 8.82. The van der Waals surface area contributed by atoms with Gasteiger partial charge in [0.1, 0.15) is 0 Å². The van der Waals surface area contributed by atoms with E-state index in [1.54, 1.807) is 7.05 Å². The maximum absolute atomic E-state index is 5.72. The van der Waals surface area contributed by atoms with Crippen LogP contribution >= 0.6 is 0 Å². The standard InChI is InChI=1S/C9H20N4/c1-11-9(10)6-8-7-12(2)4-5-13(8)3/h8H,4-7H2,1-3H3,(H2,10,11). The Morgan fingerprint density at radius 2 is 2.15 bits per heavy atom. The molecule has 0 aromatic heterocycles. The molecule has 0 aromatic carbocycles. The Kier molecular flexibility index (Phi) is 3.69. The Bertz CT molecular complexity index is 190. The van der Waals surface area contributed by atoms with E-state index in [9.17, 15) is 0 Å². The summed E-state index contributed by atoms with van der Waals surface area (Å²) in [5.41, 5.74) is 5.72. The van der Waals surface area contributed by atoms with Crippen molar-refractivity contribution in [1.82, 2.24) is 9.80 Å². The van der Waals surface area contributed by atoms with Crippen LogP contribution in [0.2, 0.25) is 0 Å². The van der Waals surface area contributed by atoms with Gasteiger partial charge in [0.25, 0.3) is 0 Å². The lowest BCUT2D eigenvalue weighted by Gasteiger charge is -2.37. The van der Waals surface area contributed by atoms with Gasteiger partial charge in [0, 0.05) is 39.1 Å². The number of aliphatic imine (C=N–C) groups is 1. The third kappa shape index (κ3) is 2.97. The Morgan fingerprint density at radius 3 is 2.77 bits per heavy atom. The third-order valence-corrected chi connectivity index (χ3v) is 2.71. The van der Waals surface area contributed by atoms with Gasteiger partial charge in [0.15, 0.2) is 0 Å². The lowest BCUT2D eigenvalue weighted by molar-refractivity contribution is 0.118. The number of nitrogens with zero attached hydrogens (tertiary/aromatic N) is 3. The molecule has 1 aliphatic heterocycles. The summed E-state index contributed by atoms with van der Waals surface area (Å²) >= 11 is 0. The molecule has 1 aliphatic rings. The van der Waals surface area contributed by atoms with Crippen LogP contribution in [0.3, 0.4) is 0 Å². The quantitative estimate of drug-likeness (QED) is 0.469. The van der Waals surface area contributed by atoms with Gasteiger partial charge in [-0.3, -0.25) is 4.99 Å². The van der Waals surface area contributed by atoms with Crippen molar-refractivity contribution >= 4 is 5.84 Å². The largest absolute Gasteiger partial charge is 0.387 e. The minimum absolute atomic E-state index is 0.530. The fourth-order valence-electron chi connectivity index (χ4n) is 1.65. The normalized spacial score (nSPS) is 27.9. The summed E-state index contributed by atoms with van der Waals surface area (Å²) in [5.74, 6) is 0.757. The van der Waals surface area contributed by atoms with Gasteiger partial charge in [0.2, 0.25) is 0 Å². The van der Waals surface area contributed by atoms with Gasteiger partial charge in [-0.15, -0.1) is 0 Å². The molecule has 13 heavy (non-hydrogen) atoms. The highest BCUT2D eigenvalue weighted by Gasteiger charge is 2.22. The molecule has 1 atom stereocenters. The molecule has 0 radical (unpaired) electrons. The molecular weight excluding hydrogens is 164 g/mol. The van der Waals surface area contributed by atoms with Crippen molar-refractivity contribution in [3.8, 4) is 0 Å². The van der Waals surface area contributed by atoms with Crippen LogP contribution in [0.5, 0.6) is 0 Å². The maximum atomic E-state index is 5.72. The SMILES string of the molecule is CN=C(N)CC1CN(C)CCN1C. The zero-order valence-corrected chi connectivity index (χ0v) is 8.82. The van der Waals surface area contributed by atoms with Crippen LogP contribution in [0.15, 0.2) is 4.99 Å². The first-order valence-corrected chi connectivity index (χ1v) is 4.73. The van der Waals surface area contributed by atoms with E-state index in [2.05, 4.69) is 28.9 Å². The predicted molar refractivity (Wildman–Crippen MR) is 56.1 cm³/mol. The molecule has 0 saturated carbocycles. The molecule has 0 spiro atoms. The van der Waals surface area contributed by atoms with Crippen LogP contribution in [0.25, 0.3) is 0 Å². The molecular formula is C9H20N4. The van der Waals surface area contributed by atoms with Crippen LogP contribution in [-0.4, -0.2) is 62.5 Å². The van der Waals surface area contributed by atoms with E-state index in [0.717, 1.165) is 31.9 Å². The predicted octanol–water partition coefficient (Wildman–Crippen LogP) is -0.391. The van der Waals surface area contributed by atoms with Gasteiger partial charge in [-0.25, -0.2) is 0 Å². The highest BCUT2D eigenvalue weighted by atomic mass is 15.3. The fraction of sp³-hybridized carbons (Fsp3) is 0.889.